The van der Waals surface area contributed by atoms with Gasteiger partial charge in [0, 0.05) is 0 Å². The van der Waals surface area contributed by atoms with E-state index < -0.39 is 17.3 Å². The summed E-state index contributed by atoms with van der Waals surface area (Å²) in [4.78, 5) is 10.6. The molecule has 0 aromatic heterocycles. The topological polar surface area (TPSA) is 99.2 Å². The van der Waals surface area contributed by atoms with Gasteiger partial charge in [-0.25, -0.2) is 4.39 Å². The molecule has 15 heavy (non-hydrogen) atoms. The molecule has 0 aromatic carbocycles. The highest BCUT2D eigenvalue weighted by atomic mass is 19.1. The lowest BCUT2D eigenvalue weighted by molar-refractivity contribution is -0.142. The summed E-state index contributed by atoms with van der Waals surface area (Å²) in [6.45, 7) is 2.68. The van der Waals surface area contributed by atoms with E-state index in [9.17, 15) is 9.18 Å². The van der Waals surface area contributed by atoms with E-state index in [2.05, 4.69) is 5.32 Å². The number of carboxylic acid groups (broad SMARTS) is 1. The molecule has 5 nitrogen and oxygen atoms in total. The number of halogens is 1. The van der Waals surface area contributed by atoms with Gasteiger partial charge in [0.2, 0.25) is 0 Å². The summed E-state index contributed by atoms with van der Waals surface area (Å²) in [5.74, 6) is -1.56. The van der Waals surface area contributed by atoms with E-state index in [1.807, 2.05) is 0 Å². The maximum absolute atomic E-state index is 13.0. The molecule has 0 aliphatic rings. The lowest BCUT2D eigenvalue weighted by atomic mass is 9.99. The Kier molecular flexibility index (Phi) is 4.93. The van der Waals surface area contributed by atoms with Crippen LogP contribution in [0.1, 0.15) is 20.3 Å². The first-order valence-corrected chi connectivity index (χ1v) is 4.41. The number of hydrogen-bond donors (Lipinski definition) is 4. The molecule has 0 bridgehead atoms. The minimum Gasteiger partial charge on any atom is -0.480 e. The van der Waals surface area contributed by atoms with E-state index in [-0.39, 0.29) is 18.8 Å². The second-order valence-corrected chi connectivity index (χ2v) is 3.56. The molecule has 0 radical (unpaired) electrons. The molecule has 6 heteroatoms. The van der Waals surface area contributed by atoms with Gasteiger partial charge in [-0.3, -0.25) is 10.2 Å². The minimum absolute atomic E-state index is 0.0904. The van der Waals surface area contributed by atoms with Gasteiger partial charge in [-0.15, -0.1) is 0 Å². The summed E-state index contributed by atoms with van der Waals surface area (Å²) in [6, 6.07) is 0. The summed E-state index contributed by atoms with van der Waals surface area (Å²) in [5, 5.41) is 18.1. The van der Waals surface area contributed by atoms with Crippen molar-refractivity contribution in [1.82, 2.24) is 5.32 Å². The van der Waals surface area contributed by atoms with Crippen LogP contribution < -0.4 is 11.1 Å². The van der Waals surface area contributed by atoms with Crippen LogP contribution in [0.25, 0.3) is 0 Å². The Balaban J connectivity index is 4.16. The zero-order valence-electron chi connectivity index (χ0n) is 8.80. The highest BCUT2D eigenvalue weighted by Gasteiger charge is 2.26. The van der Waals surface area contributed by atoms with E-state index in [4.69, 9.17) is 16.2 Å². The normalized spacial score (nSPS) is 15.6. The Morgan fingerprint density at radius 3 is 2.67 bits per heavy atom. The molecule has 0 saturated heterocycles. The number of amidine groups is 1. The number of carboxylic acids is 1. The number of nitrogens with two attached hydrogens (primary N) is 1. The second kappa shape index (κ2) is 5.45. The van der Waals surface area contributed by atoms with Gasteiger partial charge < -0.3 is 16.2 Å². The van der Waals surface area contributed by atoms with Crippen molar-refractivity contribution in [3.63, 3.8) is 0 Å². The standard InChI is InChI=1S/C9H16FN3O2/c1-6(11)13-5-7(10)3-4-9(2,12)8(14)15/h3H,4-5,12H2,1-2H3,(H2,11,13)(H,14,15)/b7-3-/t9-/m0/s1. The van der Waals surface area contributed by atoms with Crippen molar-refractivity contribution in [2.75, 3.05) is 6.54 Å². The Bertz CT molecular complexity index is 287. The van der Waals surface area contributed by atoms with Crippen molar-refractivity contribution in [1.29, 1.82) is 5.41 Å². The molecule has 0 rings (SSSR count). The van der Waals surface area contributed by atoms with Crippen molar-refractivity contribution < 1.29 is 14.3 Å². The molecular formula is C9H16FN3O2. The third kappa shape index (κ3) is 5.79. The van der Waals surface area contributed by atoms with Crippen LogP contribution in [0.2, 0.25) is 0 Å². The summed E-state index contributed by atoms with van der Waals surface area (Å²) < 4.78 is 13.0. The lowest BCUT2D eigenvalue weighted by Gasteiger charge is -2.16. The number of rotatable bonds is 5. The molecule has 0 saturated carbocycles. The molecule has 5 N–H and O–H groups in total. The van der Waals surface area contributed by atoms with Crippen LogP contribution in [0.3, 0.4) is 0 Å². The predicted octanol–water partition coefficient (Wildman–Crippen LogP) is 0.619. The average molecular weight is 217 g/mol. The molecule has 0 spiro atoms. The molecule has 0 amide bonds. The van der Waals surface area contributed by atoms with Crippen molar-refractivity contribution in [3.05, 3.63) is 11.9 Å². The fourth-order valence-corrected chi connectivity index (χ4v) is 0.699. The van der Waals surface area contributed by atoms with Crippen LogP contribution in [-0.4, -0.2) is 29.0 Å². The first kappa shape index (κ1) is 13.6. The quantitative estimate of drug-likeness (QED) is 0.400. The van der Waals surface area contributed by atoms with Gasteiger partial charge >= 0.3 is 5.97 Å². The highest BCUT2D eigenvalue weighted by molar-refractivity contribution is 5.78. The molecule has 0 fully saturated rings. The summed E-state index contributed by atoms with van der Waals surface area (Å²) in [7, 11) is 0. The van der Waals surface area contributed by atoms with Gasteiger partial charge in [0.15, 0.2) is 0 Å². The van der Waals surface area contributed by atoms with Crippen molar-refractivity contribution in [2.24, 2.45) is 5.73 Å². The average Bonchev–Trinajstić information content (AvgIpc) is 2.11. The smallest absolute Gasteiger partial charge is 0.323 e. The summed E-state index contributed by atoms with van der Waals surface area (Å²) in [6.07, 6.45) is 1.02. The SMILES string of the molecule is CC(=N)NC/C(F)=C/C[C@](C)(N)C(=O)O. The molecule has 0 aromatic rings. The van der Waals surface area contributed by atoms with Crippen molar-refractivity contribution in [3.8, 4) is 0 Å². The van der Waals surface area contributed by atoms with Crippen LogP contribution in [-0.2, 0) is 4.79 Å². The van der Waals surface area contributed by atoms with Gasteiger partial charge in [0.25, 0.3) is 0 Å². The van der Waals surface area contributed by atoms with Gasteiger partial charge in [-0.1, -0.05) is 0 Å². The van der Waals surface area contributed by atoms with Gasteiger partial charge in [-0.2, -0.15) is 0 Å². The third-order valence-electron chi connectivity index (χ3n) is 1.76. The predicted molar refractivity (Wildman–Crippen MR) is 55.4 cm³/mol. The maximum atomic E-state index is 13.0. The fraction of sp³-hybridized carbons (Fsp3) is 0.556. The zero-order valence-corrected chi connectivity index (χ0v) is 8.80. The Morgan fingerprint density at radius 2 is 2.27 bits per heavy atom. The molecule has 1 atom stereocenters. The van der Waals surface area contributed by atoms with Crippen LogP contribution in [0.5, 0.6) is 0 Å². The monoisotopic (exact) mass is 217 g/mol. The second-order valence-electron chi connectivity index (χ2n) is 3.56. The third-order valence-corrected chi connectivity index (χ3v) is 1.76. The number of hydrogen-bond acceptors (Lipinski definition) is 3. The molecule has 0 heterocycles. The highest BCUT2D eigenvalue weighted by Crippen LogP contribution is 2.09. The number of nitrogens with one attached hydrogen (secondary N) is 2. The summed E-state index contributed by atoms with van der Waals surface area (Å²) in [5.41, 5.74) is 3.93. The first-order valence-electron chi connectivity index (χ1n) is 4.41. The molecular weight excluding hydrogens is 201 g/mol. The van der Waals surface area contributed by atoms with E-state index in [0.717, 1.165) is 6.08 Å². The van der Waals surface area contributed by atoms with Crippen molar-refractivity contribution in [2.45, 2.75) is 25.8 Å². The van der Waals surface area contributed by atoms with Gasteiger partial charge in [0.1, 0.15) is 11.4 Å². The van der Waals surface area contributed by atoms with Crippen LogP contribution in [0, 0.1) is 5.41 Å². The zero-order chi connectivity index (χ0) is 12.1. The Morgan fingerprint density at radius 1 is 1.73 bits per heavy atom. The Hall–Kier alpha value is -1.43. The van der Waals surface area contributed by atoms with E-state index >= 15 is 0 Å². The number of aliphatic carboxylic acids is 1. The lowest BCUT2D eigenvalue weighted by Crippen LogP contribution is -2.44. The van der Waals surface area contributed by atoms with Crippen LogP contribution >= 0.6 is 0 Å². The fourth-order valence-electron chi connectivity index (χ4n) is 0.699. The number of carbonyl (C=O) groups is 1. The molecule has 0 aliphatic carbocycles. The van der Waals surface area contributed by atoms with Crippen LogP contribution in [0.4, 0.5) is 4.39 Å². The van der Waals surface area contributed by atoms with E-state index in [1.54, 1.807) is 0 Å². The molecule has 86 valence electrons. The molecule has 0 aliphatic heterocycles. The summed E-state index contributed by atoms with van der Waals surface area (Å²) >= 11 is 0. The van der Waals surface area contributed by atoms with Gasteiger partial charge in [-0.05, 0) is 26.3 Å². The largest absolute Gasteiger partial charge is 0.480 e. The van der Waals surface area contributed by atoms with E-state index in [0.29, 0.717) is 0 Å². The van der Waals surface area contributed by atoms with E-state index in [1.165, 1.54) is 13.8 Å². The molecule has 0 unspecified atom stereocenters. The van der Waals surface area contributed by atoms with Gasteiger partial charge in [0.05, 0.1) is 12.4 Å². The first-order chi connectivity index (χ1) is 6.75. The van der Waals surface area contributed by atoms with Crippen LogP contribution in [0.15, 0.2) is 11.9 Å². The minimum atomic E-state index is -1.46. The maximum Gasteiger partial charge on any atom is 0.323 e. The Labute approximate surface area is 87.7 Å². The van der Waals surface area contributed by atoms with Crippen molar-refractivity contribution >= 4 is 11.8 Å².